The zero-order valence-electron chi connectivity index (χ0n) is 10.3. The van der Waals surface area contributed by atoms with E-state index in [1.165, 1.54) is 6.92 Å². The normalized spacial score (nSPS) is 12.6. The molecule has 18 heavy (non-hydrogen) atoms. The van der Waals surface area contributed by atoms with E-state index in [1.54, 1.807) is 0 Å². The van der Waals surface area contributed by atoms with Gasteiger partial charge in [-0.15, -0.1) is 0 Å². The van der Waals surface area contributed by atoms with Crippen molar-refractivity contribution >= 4 is 23.1 Å². The van der Waals surface area contributed by atoms with Crippen LogP contribution in [0.3, 0.4) is 0 Å². The van der Waals surface area contributed by atoms with Crippen LogP contribution in [0, 0.1) is 23.0 Å². The zero-order chi connectivity index (χ0) is 13.9. The Kier molecular flexibility index (Phi) is 4.80. The standard InChI is InChI=1S/C10H15ClN4O3/c1-5(2)7(16)4-12-9-8(15(17)18)6(3)13-10(11)14-9/h5,7,16H,4H2,1-3H3,(H,12,13,14). The Bertz CT molecular complexity index is 453. The zero-order valence-corrected chi connectivity index (χ0v) is 11.1. The van der Waals surface area contributed by atoms with Gasteiger partial charge >= 0.3 is 5.69 Å². The van der Waals surface area contributed by atoms with Crippen LogP contribution in [-0.4, -0.2) is 32.6 Å². The highest BCUT2D eigenvalue weighted by molar-refractivity contribution is 6.28. The lowest BCUT2D eigenvalue weighted by Gasteiger charge is -2.15. The summed E-state index contributed by atoms with van der Waals surface area (Å²) in [6, 6.07) is 0. The molecule has 0 aliphatic heterocycles. The Morgan fingerprint density at radius 2 is 2.11 bits per heavy atom. The van der Waals surface area contributed by atoms with Crippen LogP contribution in [0.5, 0.6) is 0 Å². The average molecular weight is 275 g/mol. The first-order valence-corrected chi connectivity index (χ1v) is 5.81. The molecule has 100 valence electrons. The molecular weight excluding hydrogens is 260 g/mol. The molecule has 1 rings (SSSR count). The minimum atomic E-state index is -0.626. The molecule has 0 fully saturated rings. The van der Waals surface area contributed by atoms with Crippen molar-refractivity contribution in [3.8, 4) is 0 Å². The van der Waals surface area contributed by atoms with Gasteiger partial charge in [0.25, 0.3) is 0 Å². The fraction of sp³-hybridized carbons (Fsp3) is 0.600. The first-order valence-electron chi connectivity index (χ1n) is 5.43. The Hall–Kier alpha value is -1.47. The predicted octanol–water partition coefficient (Wildman–Crippen LogP) is 1.78. The third-order valence-corrected chi connectivity index (χ3v) is 2.63. The van der Waals surface area contributed by atoms with Crippen molar-refractivity contribution in [1.29, 1.82) is 0 Å². The summed E-state index contributed by atoms with van der Waals surface area (Å²) in [7, 11) is 0. The first-order chi connectivity index (χ1) is 8.32. The number of aryl methyl sites for hydroxylation is 1. The molecule has 0 radical (unpaired) electrons. The van der Waals surface area contributed by atoms with Gasteiger partial charge in [0.1, 0.15) is 5.69 Å². The third-order valence-electron chi connectivity index (χ3n) is 2.46. The van der Waals surface area contributed by atoms with Gasteiger partial charge in [-0.2, -0.15) is 4.98 Å². The molecule has 0 bridgehead atoms. The van der Waals surface area contributed by atoms with Gasteiger partial charge in [0.15, 0.2) is 0 Å². The van der Waals surface area contributed by atoms with Crippen LogP contribution >= 0.6 is 11.6 Å². The number of rotatable bonds is 5. The molecule has 0 aromatic carbocycles. The third kappa shape index (κ3) is 3.51. The van der Waals surface area contributed by atoms with Crippen LogP contribution < -0.4 is 5.32 Å². The Balaban J connectivity index is 2.97. The molecular formula is C10H15ClN4O3. The van der Waals surface area contributed by atoms with Crippen molar-refractivity contribution in [2.45, 2.75) is 26.9 Å². The minimum absolute atomic E-state index is 0.0252. The van der Waals surface area contributed by atoms with E-state index >= 15 is 0 Å². The molecule has 1 heterocycles. The van der Waals surface area contributed by atoms with E-state index < -0.39 is 11.0 Å². The Morgan fingerprint density at radius 1 is 1.50 bits per heavy atom. The monoisotopic (exact) mass is 274 g/mol. The number of aliphatic hydroxyl groups excluding tert-OH is 1. The molecule has 0 saturated heterocycles. The first kappa shape index (κ1) is 14.6. The highest BCUT2D eigenvalue weighted by Gasteiger charge is 2.22. The van der Waals surface area contributed by atoms with Crippen LogP contribution in [0.4, 0.5) is 11.5 Å². The summed E-state index contributed by atoms with van der Waals surface area (Å²) in [6.07, 6.45) is -0.626. The minimum Gasteiger partial charge on any atom is -0.391 e. The maximum absolute atomic E-state index is 10.9. The van der Waals surface area contributed by atoms with E-state index in [0.717, 1.165) is 0 Å². The van der Waals surface area contributed by atoms with Crippen LogP contribution in [0.25, 0.3) is 0 Å². The van der Waals surface area contributed by atoms with Gasteiger partial charge < -0.3 is 10.4 Å². The van der Waals surface area contributed by atoms with Crippen molar-refractivity contribution in [3.63, 3.8) is 0 Å². The number of aliphatic hydroxyl groups is 1. The Morgan fingerprint density at radius 3 is 2.61 bits per heavy atom. The van der Waals surface area contributed by atoms with Crippen molar-refractivity contribution in [1.82, 2.24) is 9.97 Å². The number of halogens is 1. The second-order valence-electron chi connectivity index (χ2n) is 4.22. The second-order valence-corrected chi connectivity index (χ2v) is 4.56. The molecule has 1 aromatic heterocycles. The van der Waals surface area contributed by atoms with Crippen LogP contribution in [-0.2, 0) is 0 Å². The lowest BCUT2D eigenvalue weighted by molar-refractivity contribution is -0.385. The molecule has 0 saturated carbocycles. The molecule has 0 amide bonds. The molecule has 0 aliphatic carbocycles. The van der Waals surface area contributed by atoms with Crippen molar-refractivity contribution in [2.24, 2.45) is 5.92 Å². The fourth-order valence-corrected chi connectivity index (χ4v) is 1.52. The number of aromatic nitrogens is 2. The number of hydrogen-bond donors (Lipinski definition) is 2. The fourth-order valence-electron chi connectivity index (χ4n) is 1.31. The summed E-state index contributed by atoms with van der Waals surface area (Å²) < 4.78 is 0. The summed E-state index contributed by atoms with van der Waals surface area (Å²) in [4.78, 5) is 17.8. The molecule has 8 heteroatoms. The highest BCUT2D eigenvalue weighted by atomic mass is 35.5. The van der Waals surface area contributed by atoms with E-state index in [1.807, 2.05) is 13.8 Å². The van der Waals surface area contributed by atoms with Gasteiger partial charge in [-0.05, 0) is 24.4 Å². The molecule has 7 nitrogen and oxygen atoms in total. The summed E-state index contributed by atoms with van der Waals surface area (Å²) in [5.41, 5.74) is -0.0445. The summed E-state index contributed by atoms with van der Waals surface area (Å²) in [5.74, 6) is 0.0622. The van der Waals surface area contributed by atoms with E-state index in [9.17, 15) is 15.2 Å². The van der Waals surface area contributed by atoms with Crippen LogP contribution in [0.15, 0.2) is 0 Å². The van der Waals surface area contributed by atoms with E-state index in [4.69, 9.17) is 11.6 Å². The summed E-state index contributed by atoms with van der Waals surface area (Å²) in [6.45, 7) is 5.33. The van der Waals surface area contributed by atoms with E-state index in [0.29, 0.717) is 0 Å². The lowest BCUT2D eigenvalue weighted by atomic mass is 10.1. The SMILES string of the molecule is Cc1nc(Cl)nc(NCC(O)C(C)C)c1[N+](=O)[O-]. The van der Waals surface area contributed by atoms with Crippen LogP contribution in [0.1, 0.15) is 19.5 Å². The second kappa shape index (κ2) is 5.92. The topological polar surface area (TPSA) is 101 Å². The number of nitrogens with one attached hydrogen (secondary N) is 1. The van der Waals surface area contributed by atoms with Gasteiger partial charge in [0, 0.05) is 6.54 Å². The van der Waals surface area contributed by atoms with E-state index in [-0.39, 0.29) is 34.9 Å². The molecule has 1 atom stereocenters. The highest BCUT2D eigenvalue weighted by Crippen LogP contribution is 2.26. The number of anilines is 1. The number of nitrogens with zero attached hydrogens (tertiary/aromatic N) is 3. The molecule has 2 N–H and O–H groups in total. The Labute approximate surface area is 109 Å². The molecule has 0 spiro atoms. The summed E-state index contributed by atoms with van der Waals surface area (Å²) in [5, 5.41) is 23.2. The van der Waals surface area contributed by atoms with Crippen molar-refractivity contribution in [2.75, 3.05) is 11.9 Å². The van der Waals surface area contributed by atoms with E-state index in [2.05, 4.69) is 15.3 Å². The van der Waals surface area contributed by atoms with Gasteiger partial charge in [0.05, 0.1) is 11.0 Å². The predicted molar refractivity (Wildman–Crippen MR) is 67.8 cm³/mol. The van der Waals surface area contributed by atoms with Gasteiger partial charge in [0.2, 0.25) is 11.1 Å². The number of hydrogen-bond acceptors (Lipinski definition) is 6. The lowest BCUT2D eigenvalue weighted by Crippen LogP contribution is -2.25. The maximum Gasteiger partial charge on any atom is 0.332 e. The van der Waals surface area contributed by atoms with Crippen molar-refractivity contribution in [3.05, 3.63) is 21.1 Å². The maximum atomic E-state index is 10.9. The average Bonchev–Trinajstić information content (AvgIpc) is 2.23. The quantitative estimate of drug-likeness (QED) is 0.482. The van der Waals surface area contributed by atoms with Gasteiger partial charge in [-0.3, -0.25) is 10.1 Å². The summed E-state index contributed by atoms with van der Waals surface area (Å²) >= 11 is 5.66. The van der Waals surface area contributed by atoms with Crippen molar-refractivity contribution < 1.29 is 10.0 Å². The number of nitro groups is 1. The van der Waals surface area contributed by atoms with Gasteiger partial charge in [-0.1, -0.05) is 13.8 Å². The smallest absolute Gasteiger partial charge is 0.332 e. The largest absolute Gasteiger partial charge is 0.391 e. The van der Waals surface area contributed by atoms with Crippen LogP contribution in [0.2, 0.25) is 5.28 Å². The molecule has 1 aromatic rings. The van der Waals surface area contributed by atoms with Gasteiger partial charge in [-0.25, -0.2) is 4.98 Å². The molecule has 0 aliphatic rings. The molecule has 1 unspecified atom stereocenters.